The van der Waals surface area contributed by atoms with E-state index < -0.39 is 5.97 Å². The van der Waals surface area contributed by atoms with Crippen LogP contribution >= 0.6 is 0 Å². The number of aliphatic carboxylic acids is 1. The summed E-state index contributed by atoms with van der Waals surface area (Å²) in [5.41, 5.74) is 0. The molecule has 34 valence electrons. The molecule has 0 heterocycles. The monoisotopic (exact) mass is 117 g/mol. The van der Waals surface area contributed by atoms with E-state index in [9.17, 15) is 0 Å². The Morgan fingerprint density at radius 1 is 1.83 bits per heavy atom. The molecular formula is C2H8KNO2. The van der Waals surface area contributed by atoms with Crippen molar-refractivity contribution < 1.29 is 62.7 Å². The summed E-state index contributed by atoms with van der Waals surface area (Å²) in [7, 11) is 0. The Kier molecular flexibility index (Phi) is 24.7. The van der Waals surface area contributed by atoms with E-state index in [0.717, 1.165) is 6.92 Å². The van der Waals surface area contributed by atoms with Crippen LogP contribution in [-0.2, 0) is 4.79 Å². The molecule has 0 aliphatic carbocycles. The normalized spacial score (nSPS) is 4.17. The Morgan fingerprint density at radius 2 is 1.83 bits per heavy atom. The molecule has 0 aromatic carbocycles. The molecule has 0 aliphatic heterocycles. The van der Waals surface area contributed by atoms with E-state index in [1.54, 1.807) is 0 Å². The van der Waals surface area contributed by atoms with Crippen molar-refractivity contribution in [2.24, 2.45) is 0 Å². The Hall–Kier alpha value is 1.07. The van der Waals surface area contributed by atoms with Gasteiger partial charge in [0.2, 0.25) is 0 Å². The quantitative estimate of drug-likeness (QED) is 0.341. The van der Waals surface area contributed by atoms with Gasteiger partial charge in [-0.1, -0.05) is 0 Å². The van der Waals surface area contributed by atoms with Gasteiger partial charge in [0.1, 0.15) is 0 Å². The van der Waals surface area contributed by atoms with E-state index in [4.69, 9.17) is 9.90 Å². The van der Waals surface area contributed by atoms with Gasteiger partial charge in [-0.25, -0.2) is 0 Å². The first-order chi connectivity index (χ1) is 1.73. The fourth-order valence-electron chi connectivity index (χ4n) is 0. The molecule has 0 amide bonds. The second-order valence-electron chi connectivity index (χ2n) is 0.519. The van der Waals surface area contributed by atoms with Crippen molar-refractivity contribution in [2.75, 3.05) is 0 Å². The van der Waals surface area contributed by atoms with Crippen LogP contribution in [0.15, 0.2) is 0 Å². The summed E-state index contributed by atoms with van der Waals surface area (Å²) in [4.78, 5) is 9.00. The summed E-state index contributed by atoms with van der Waals surface area (Å²) in [5, 5.41) is 7.42. The van der Waals surface area contributed by atoms with E-state index in [2.05, 4.69) is 0 Å². The van der Waals surface area contributed by atoms with Crippen LogP contribution < -0.4 is 57.5 Å². The van der Waals surface area contributed by atoms with Crippen LogP contribution in [0, 0.1) is 0 Å². The van der Waals surface area contributed by atoms with Gasteiger partial charge in [-0.05, 0) is 0 Å². The molecule has 4 heteroatoms. The molecular weight excluding hydrogens is 109 g/mol. The van der Waals surface area contributed by atoms with Gasteiger partial charge in [0, 0.05) is 6.92 Å². The fraction of sp³-hybridized carbons (Fsp3) is 0.500. The molecule has 3 nitrogen and oxygen atoms in total. The molecule has 0 bridgehead atoms. The summed E-state index contributed by atoms with van der Waals surface area (Å²) in [6.07, 6.45) is 0. The van der Waals surface area contributed by atoms with Crippen molar-refractivity contribution in [3.63, 3.8) is 0 Å². The van der Waals surface area contributed by atoms with Crippen LogP contribution in [0.3, 0.4) is 0 Å². The van der Waals surface area contributed by atoms with Crippen LogP contribution in [0.5, 0.6) is 0 Å². The number of carboxylic acid groups (broad SMARTS) is 1. The van der Waals surface area contributed by atoms with Gasteiger partial charge >= 0.3 is 51.4 Å². The number of carboxylic acids is 1. The van der Waals surface area contributed by atoms with E-state index >= 15 is 0 Å². The number of rotatable bonds is 0. The largest absolute Gasteiger partial charge is 1.00 e. The van der Waals surface area contributed by atoms with Gasteiger partial charge in [0.05, 0.1) is 0 Å². The first kappa shape index (κ1) is 15.7. The van der Waals surface area contributed by atoms with Gasteiger partial charge < -0.3 is 12.7 Å². The van der Waals surface area contributed by atoms with Crippen LogP contribution in [0.25, 0.3) is 0 Å². The predicted octanol–water partition coefficient (Wildman–Crippen LogP) is -2.63. The number of hydrogen-bond acceptors (Lipinski definition) is 2. The summed E-state index contributed by atoms with van der Waals surface area (Å²) < 4.78 is 0. The van der Waals surface area contributed by atoms with Crippen molar-refractivity contribution in [1.82, 2.24) is 6.15 Å². The van der Waals surface area contributed by atoms with Crippen LogP contribution in [0.2, 0.25) is 0 Å². The summed E-state index contributed by atoms with van der Waals surface area (Å²) in [6.45, 7) is 1.08. The third-order valence-electron chi connectivity index (χ3n) is 0. The molecule has 6 heavy (non-hydrogen) atoms. The molecule has 0 saturated carbocycles. The molecule has 0 unspecified atom stereocenters. The van der Waals surface area contributed by atoms with Crippen LogP contribution in [0.4, 0.5) is 0 Å². The predicted molar refractivity (Wildman–Crippen MR) is 19.4 cm³/mol. The standard InChI is InChI=1S/C2H4O2.K.H3N.H/c1-2(3)4;;;/h1H3,(H,3,4);;1H3;/q;+1;;-1. The van der Waals surface area contributed by atoms with Gasteiger partial charge in [-0.3, -0.25) is 4.79 Å². The van der Waals surface area contributed by atoms with Gasteiger partial charge in [-0.2, -0.15) is 0 Å². The molecule has 0 aromatic heterocycles. The van der Waals surface area contributed by atoms with Crippen molar-refractivity contribution in [1.29, 1.82) is 0 Å². The molecule has 0 radical (unpaired) electrons. The topological polar surface area (TPSA) is 72.3 Å². The van der Waals surface area contributed by atoms with E-state index in [0.29, 0.717) is 0 Å². The Balaban J connectivity index is -0.0000000150. The summed E-state index contributed by atoms with van der Waals surface area (Å²) in [5.74, 6) is -0.833. The average molecular weight is 117 g/mol. The Morgan fingerprint density at radius 3 is 1.83 bits per heavy atom. The van der Waals surface area contributed by atoms with E-state index in [1.807, 2.05) is 0 Å². The smallest absolute Gasteiger partial charge is 1.00 e. The van der Waals surface area contributed by atoms with Crippen molar-refractivity contribution in [3.8, 4) is 0 Å². The second kappa shape index (κ2) is 9.42. The van der Waals surface area contributed by atoms with Crippen LogP contribution in [0.1, 0.15) is 8.35 Å². The summed E-state index contributed by atoms with van der Waals surface area (Å²) >= 11 is 0. The van der Waals surface area contributed by atoms with Gasteiger partial charge in [-0.15, -0.1) is 0 Å². The van der Waals surface area contributed by atoms with Gasteiger partial charge in [0.15, 0.2) is 0 Å². The third kappa shape index (κ3) is 73.7. The first-order valence-electron chi connectivity index (χ1n) is 0.928. The van der Waals surface area contributed by atoms with Crippen molar-refractivity contribution >= 4 is 5.97 Å². The molecule has 4 N–H and O–H groups in total. The fourth-order valence-corrected chi connectivity index (χ4v) is 0. The maximum Gasteiger partial charge on any atom is 1.00 e. The molecule has 0 spiro atoms. The average Bonchev–Trinajstić information content (AvgIpc) is 0.811. The number of hydrogen-bond donors (Lipinski definition) is 2. The van der Waals surface area contributed by atoms with Gasteiger partial charge in [0.25, 0.3) is 5.97 Å². The molecule has 0 atom stereocenters. The van der Waals surface area contributed by atoms with Crippen LogP contribution in [-0.4, -0.2) is 11.1 Å². The molecule has 0 rings (SSSR count). The van der Waals surface area contributed by atoms with E-state index in [1.165, 1.54) is 0 Å². The minimum atomic E-state index is -0.833. The zero-order valence-electron chi connectivity index (χ0n) is 5.06. The SMILES string of the molecule is CC(=O)O.N.[H-].[K+]. The van der Waals surface area contributed by atoms with Crippen molar-refractivity contribution in [3.05, 3.63) is 0 Å². The van der Waals surface area contributed by atoms with E-state index in [-0.39, 0.29) is 59.0 Å². The minimum Gasteiger partial charge on any atom is -1.00 e. The zero-order chi connectivity index (χ0) is 3.58. The summed E-state index contributed by atoms with van der Waals surface area (Å²) in [6, 6.07) is 0. The zero-order valence-corrected chi connectivity index (χ0v) is 7.19. The molecule has 0 aliphatic rings. The minimum absolute atomic E-state index is 0. The first-order valence-corrected chi connectivity index (χ1v) is 0.928. The second-order valence-corrected chi connectivity index (χ2v) is 0.519. The number of carbonyl (C=O) groups is 1. The maximum atomic E-state index is 9.00. The molecule has 0 fully saturated rings. The van der Waals surface area contributed by atoms with Crippen molar-refractivity contribution in [2.45, 2.75) is 6.92 Å². The molecule has 0 aromatic rings. The maximum absolute atomic E-state index is 9.00. The Labute approximate surface area is 80.6 Å². The third-order valence-corrected chi connectivity index (χ3v) is 0. The Bertz CT molecular complexity index is 38.7. The molecule has 0 saturated heterocycles.